The zero-order valence-electron chi connectivity index (χ0n) is 13.6. The average Bonchev–Trinajstić information content (AvgIpc) is 2.39. The normalized spacial score (nSPS) is 12.1. The SMILES string of the molecule is Cc1cc(Br)ccc1NC(=O)C[NH+](C)CC(=O)NCC(C)C. The topological polar surface area (TPSA) is 62.6 Å². The molecule has 0 saturated heterocycles. The fourth-order valence-corrected chi connectivity index (χ4v) is 2.43. The number of hydrogen-bond donors (Lipinski definition) is 3. The molecule has 0 fully saturated rings. The summed E-state index contributed by atoms with van der Waals surface area (Å²) in [7, 11) is 1.84. The molecule has 6 heteroatoms. The molecule has 1 unspecified atom stereocenters. The Morgan fingerprint density at radius 1 is 1.23 bits per heavy atom. The number of anilines is 1. The van der Waals surface area contributed by atoms with E-state index in [9.17, 15) is 9.59 Å². The number of likely N-dealkylation sites (N-methyl/N-ethyl adjacent to an activating group) is 1. The number of hydrogen-bond acceptors (Lipinski definition) is 2. The van der Waals surface area contributed by atoms with Gasteiger partial charge in [0.1, 0.15) is 0 Å². The number of benzene rings is 1. The van der Waals surface area contributed by atoms with Crippen molar-refractivity contribution in [3.05, 3.63) is 28.2 Å². The van der Waals surface area contributed by atoms with Gasteiger partial charge in [0.2, 0.25) is 0 Å². The second kappa shape index (κ2) is 8.90. The quantitative estimate of drug-likeness (QED) is 0.669. The number of rotatable bonds is 7. The third kappa shape index (κ3) is 7.04. The van der Waals surface area contributed by atoms with Crippen molar-refractivity contribution in [2.75, 3.05) is 32.0 Å². The summed E-state index contributed by atoms with van der Waals surface area (Å²) in [6.45, 7) is 7.24. The van der Waals surface area contributed by atoms with E-state index in [0.29, 0.717) is 19.0 Å². The van der Waals surface area contributed by atoms with E-state index in [0.717, 1.165) is 20.6 Å². The third-order valence-corrected chi connectivity index (χ3v) is 3.59. The van der Waals surface area contributed by atoms with Crippen LogP contribution in [0, 0.1) is 12.8 Å². The number of quaternary nitrogens is 1. The third-order valence-electron chi connectivity index (χ3n) is 3.09. The Labute approximate surface area is 140 Å². The minimum atomic E-state index is -0.0976. The van der Waals surface area contributed by atoms with E-state index in [2.05, 4.69) is 26.6 Å². The predicted molar refractivity (Wildman–Crippen MR) is 92.0 cm³/mol. The fourth-order valence-electron chi connectivity index (χ4n) is 1.95. The summed E-state index contributed by atoms with van der Waals surface area (Å²) >= 11 is 3.39. The van der Waals surface area contributed by atoms with Gasteiger partial charge >= 0.3 is 0 Å². The number of nitrogens with one attached hydrogen (secondary N) is 3. The van der Waals surface area contributed by atoms with Gasteiger partial charge in [0, 0.05) is 16.7 Å². The lowest BCUT2D eigenvalue weighted by atomic mass is 10.2. The molecule has 1 aromatic rings. The Balaban J connectivity index is 2.42. The van der Waals surface area contributed by atoms with Gasteiger partial charge in [-0.05, 0) is 36.6 Å². The highest BCUT2D eigenvalue weighted by atomic mass is 79.9. The van der Waals surface area contributed by atoms with Crippen molar-refractivity contribution >= 4 is 33.4 Å². The van der Waals surface area contributed by atoms with Crippen LogP contribution in [0.15, 0.2) is 22.7 Å². The molecule has 2 amide bonds. The molecule has 1 atom stereocenters. The van der Waals surface area contributed by atoms with E-state index < -0.39 is 0 Å². The van der Waals surface area contributed by atoms with Gasteiger partial charge in [-0.1, -0.05) is 29.8 Å². The van der Waals surface area contributed by atoms with Gasteiger partial charge in [-0.2, -0.15) is 0 Å². The first-order valence-corrected chi connectivity index (χ1v) is 8.21. The maximum Gasteiger partial charge on any atom is 0.279 e. The van der Waals surface area contributed by atoms with Crippen LogP contribution in [-0.4, -0.2) is 38.5 Å². The Kier molecular flexibility index (Phi) is 7.55. The van der Waals surface area contributed by atoms with Crippen LogP contribution in [-0.2, 0) is 9.59 Å². The van der Waals surface area contributed by atoms with Crippen LogP contribution in [0.1, 0.15) is 19.4 Å². The largest absolute Gasteiger partial charge is 0.351 e. The Hall–Kier alpha value is -1.40. The summed E-state index contributed by atoms with van der Waals surface area (Å²) in [6, 6.07) is 5.70. The molecular formula is C16H25BrN3O2+. The molecule has 0 radical (unpaired) electrons. The maximum atomic E-state index is 12.0. The van der Waals surface area contributed by atoms with Crippen molar-refractivity contribution in [3.63, 3.8) is 0 Å². The first kappa shape index (κ1) is 18.6. The average molecular weight is 371 g/mol. The van der Waals surface area contributed by atoms with E-state index in [-0.39, 0.29) is 18.4 Å². The zero-order valence-corrected chi connectivity index (χ0v) is 15.2. The number of carbonyl (C=O) groups is 2. The number of amides is 2. The molecule has 1 rings (SSSR count). The number of aryl methyl sites for hydroxylation is 1. The molecule has 0 aromatic heterocycles. The van der Waals surface area contributed by atoms with Gasteiger partial charge < -0.3 is 15.5 Å². The second-order valence-electron chi connectivity index (χ2n) is 6.02. The van der Waals surface area contributed by atoms with Crippen molar-refractivity contribution in [3.8, 4) is 0 Å². The fraction of sp³-hybridized carbons (Fsp3) is 0.500. The number of halogens is 1. The van der Waals surface area contributed by atoms with Crippen molar-refractivity contribution in [2.45, 2.75) is 20.8 Å². The Bertz CT molecular complexity index is 532. The summed E-state index contributed by atoms with van der Waals surface area (Å²) in [4.78, 5) is 24.6. The minimum Gasteiger partial charge on any atom is -0.351 e. The molecule has 5 nitrogen and oxygen atoms in total. The highest BCUT2D eigenvalue weighted by Gasteiger charge is 2.15. The molecule has 0 saturated carbocycles. The van der Waals surface area contributed by atoms with E-state index >= 15 is 0 Å². The lowest BCUT2D eigenvalue weighted by molar-refractivity contribution is -0.862. The van der Waals surface area contributed by atoms with Gasteiger partial charge in [-0.3, -0.25) is 9.59 Å². The first-order valence-electron chi connectivity index (χ1n) is 7.42. The summed E-state index contributed by atoms with van der Waals surface area (Å²) in [6.07, 6.45) is 0. The Morgan fingerprint density at radius 2 is 1.86 bits per heavy atom. The molecule has 0 aliphatic heterocycles. The molecule has 1 aromatic carbocycles. The van der Waals surface area contributed by atoms with Gasteiger partial charge in [0.15, 0.2) is 13.1 Å². The van der Waals surface area contributed by atoms with Gasteiger partial charge in [0.25, 0.3) is 11.8 Å². The van der Waals surface area contributed by atoms with Crippen molar-refractivity contribution in [1.82, 2.24) is 5.32 Å². The van der Waals surface area contributed by atoms with Crippen LogP contribution in [0.2, 0.25) is 0 Å². The molecule has 22 heavy (non-hydrogen) atoms. The summed E-state index contributed by atoms with van der Waals surface area (Å²) in [5.41, 5.74) is 1.79. The van der Waals surface area contributed by atoms with E-state index in [1.807, 2.05) is 46.0 Å². The second-order valence-corrected chi connectivity index (χ2v) is 6.93. The molecule has 0 bridgehead atoms. The molecule has 0 heterocycles. The van der Waals surface area contributed by atoms with Crippen molar-refractivity contribution < 1.29 is 14.5 Å². The van der Waals surface area contributed by atoms with Gasteiger partial charge in [0.05, 0.1) is 7.05 Å². The molecule has 0 aliphatic carbocycles. The molecule has 0 aliphatic rings. The van der Waals surface area contributed by atoms with Crippen LogP contribution in [0.4, 0.5) is 5.69 Å². The maximum absolute atomic E-state index is 12.0. The van der Waals surface area contributed by atoms with E-state index in [4.69, 9.17) is 0 Å². The van der Waals surface area contributed by atoms with Crippen LogP contribution in [0.5, 0.6) is 0 Å². The molecule has 122 valence electrons. The predicted octanol–water partition coefficient (Wildman–Crippen LogP) is 0.983. The lowest BCUT2D eigenvalue weighted by Crippen LogP contribution is -3.11. The summed E-state index contributed by atoms with van der Waals surface area (Å²) in [5, 5.41) is 5.73. The van der Waals surface area contributed by atoms with Crippen LogP contribution in [0.25, 0.3) is 0 Å². The van der Waals surface area contributed by atoms with Crippen LogP contribution >= 0.6 is 15.9 Å². The zero-order chi connectivity index (χ0) is 16.7. The smallest absolute Gasteiger partial charge is 0.279 e. The summed E-state index contributed by atoms with van der Waals surface area (Å²) < 4.78 is 0.979. The first-order chi connectivity index (χ1) is 10.3. The van der Waals surface area contributed by atoms with Crippen molar-refractivity contribution in [2.24, 2.45) is 5.92 Å². The molecule has 3 N–H and O–H groups in total. The number of carbonyl (C=O) groups excluding carboxylic acids is 2. The van der Waals surface area contributed by atoms with Gasteiger partial charge in [-0.25, -0.2) is 0 Å². The van der Waals surface area contributed by atoms with E-state index in [1.54, 1.807) is 0 Å². The van der Waals surface area contributed by atoms with Crippen LogP contribution in [0.3, 0.4) is 0 Å². The lowest BCUT2D eigenvalue weighted by Gasteiger charge is -2.15. The van der Waals surface area contributed by atoms with Crippen molar-refractivity contribution in [1.29, 1.82) is 0 Å². The molecule has 0 spiro atoms. The highest BCUT2D eigenvalue weighted by Crippen LogP contribution is 2.19. The monoisotopic (exact) mass is 370 g/mol. The summed E-state index contributed by atoms with van der Waals surface area (Å²) in [5.74, 6) is 0.298. The molecular weight excluding hydrogens is 346 g/mol. The minimum absolute atomic E-state index is 0.0289. The Morgan fingerprint density at radius 3 is 2.45 bits per heavy atom. The van der Waals surface area contributed by atoms with Crippen LogP contribution < -0.4 is 15.5 Å². The van der Waals surface area contributed by atoms with Gasteiger partial charge in [-0.15, -0.1) is 0 Å². The standard InChI is InChI=1S/C16H24BrN3O2/c1-11(2)8-18-15(21)9-20(4)10-16(22)19-14-6-5-13(17)7-12(14)3/h5-7,11H,8-10H2,1-4H3,(H,18,21)(H,19,22)/p+1. The highest BCUT2D eigenvalue weighted by molar-refractivity contribution is 9.10. The van der Waals surface area contributed by atoms with E-state index in [1.165, 1.54) is 0 Å².